The first-order chi connectivity index (χ1) is 8.31. The van der Waals surface area contributed by atoms with Crippen molar-refractivity contribution in [2.75, 3.05) is 6.54 Å². The number of carbonyl (C=O) groups is 1. The van der Waals surface area contributed by atoms with E-state index >= 15 is 0 Å². The largest absolute Gasteiger partial charge is 0.456 e. The van der Waals surface area contributed by atoms with Gasteiger partial charge in [0.2, 0.25) is 0 Å². The predicted molar refractivity (Wildman–Crippen MR) is 70.8 cm³/mol. The minimum absolute atomic E-state index is 0.209. The Kier molecular flexibility index (Phi) is 3.23. The van der Waals surface area contributed by atoms with E-state index in [0.717, 1.165) is 36.5 Å². The van der Waals surface area contributed by atoms with Gasteiger partial charge in [-0.3, -0.25) is 0 Å². The number of nitrogens with one attached hydrogen (secondary N) is 1. The van der Waals surface area contributed by atoms with Crippen LogP contribution in [0.1, 0.15) is 48.1 Å². The summed E-state index contributed by atoms with van der Waals surface area (Å²) in [6, 6.07) is 0. The Bertz CT molecular complexity index is 451. The highest BCUT2D eigenvalue weighted by atomic mass is 16.6. The van der Waals surface area contributed by atoms with Crippen LogP contribution in [-0.2, 0) is 17.8 Å². The number of hydrogen-bond acceptors (Lipinski definition) is 3. The second-order valence-corrected chi connectivity index (χ2v) is 5.86. The van der Waals surface area contributed by atoms with E-state index in [-0.39, 0.29) is 5.97 Å². The number of ether oxygens (including phenoxy) is 1. The highest BCUT2D eigenvalue weighted by Crippen LogP contribution is 2.26. The first-order valence-corrected chi connectivity index (χ1v) is 6.44. The monoisotopic (exact) mass is 250 g/mol. The molecule has 0 atom stereocenters. The van der Waals surface area contributed by atoms with Gasteiger partial charge in [0.15, 0.2) is 0 Å². The van der Waals surface area contributed by atoms with Crippen molar-refractivity contribution in [3.8, 4) is 0 Å². The smallest absolute Gasteiger partial charge is 0.340 e. The van der Waals surface area contributed by atoms with Crippen LogP contribution in [0.4, 0.5) is 0 Å². The standard InChI is InChI=1S/C14H22N2O2/c1-9-11-8-15-6-7-16(11)10(2)12(9)13(17)18-14(3,4)5/h15H,6-8H2,1-5H3. The van der Waals surface area contributed by atoms with Gasteiger partial charge in [0.25, 0.3) is 0 Å². The molecule has 4 heteroatoms. The van der Waals surface area contributed by atoms with E-state index in [1.807, 2.05) is 34.6 Å². The quantitative estimate of drug-likeness (QED) is 0.777. The van der Waals surface area contributed by atoms with Gasteiger partial charge in [0.1, 0.15) is 5.60 Å². The molecule has 0 bridgehead atoms. The minimum atomic E-state index is -0.448. The molecule has 0 saturated carbocycles. The van der Waals surface area contributed by atoms with Crippen LogP contribution in [0.25, 0.3) is 0 Å². The zero-order valence-electron chi connectivity index (χ0n) is 11.9. The van der Waals surface area contributed by atoms with Gasteiger partial charge in [0.05, 0.1) is 5.56 Å². The third-order valence-corrected chi connectivity index (χ3v) is 3.31. The Morgan fingerprint density at radius 3 is 2.56 bits per heavy atom. The maximum Gasteiger partial charge on any atom is 0.340 e. The van der Waals surface area contributed by atoms with E-state index in [2.05, 4.69) is 9.88 Å². The van der Waals surface area contributed by atoms with Crippen molar-refractivity contribution in [1.82, 2.24) is 9.88 Å². The summed E-state index contributed by atoms with van der Waals surface area (Å²) in [5.74, 6) is -0.209. The molecular formula is C14H22N2O2. The third-order valence-electron chi connectivity index (χ3n) is 3.31. The Morgan fingerprint density at radius 1 is 1.33 bits per heavy atom. The number of aromatic nitrogens is 1. The molecule has 1 N–H and O–H groups in total. The van der Waals surface area contributed by atoms with Crippen LogP contribution < -0.4 is 5.32 Å². The Hall–Kier alpha value is -1.29. The molecule has 0 saturated heterocycles. The van der Waals surface area contributed by atoms with Crippen molar-refractivity contribution in [2.45, 2.75) is 53.3 Å². The van der Waals surface area contributed by atoms with Crippen LogP contribution >= 0.6 is 0 Å². The van der Waals surface area contributed by atoms with Crippen molar-refractivity contribution in [1.29, 1.82) is 0 Å². The molecule has 0 aromatic carbocycles. The van der Waals surface area contributed by atoms with Crippen LogP contribution in [0, 0.1) is 13.8 Å². The van der Waals surface area contributed by atoms with Gasteiger partial charge in [-0.25, -0.2) is 4.79 Å². The fraction of sp³-hybridized carbons (Fsp3) is 0.643. The molecule has 1 aliphatic heterocycles. The van der Waals surface area contributed by atoms with Crippen LogP contribution in [0.2, 0.25) is 0 Å². The molecule has 0 spiro atoms. The zero-order chi connectivity index (χ0) is 13.5. The van der Waals surface area contributed by atoms with E-state index in [1.54, 1.807) is 0 Å². The van der Waals surface area contributed by atoms with Crippen LogP contribution in [0.3, 0.4) is 0 Å². The molecule has 2 rings (SSSR count). The molecule has 1 aliphatic rings. The predicted octanol–water partition coefficient (Wildman–Crippen LogP) is 2.16. The van der Waals surface area contributed by atoms with E-state index < -0.39 is 5.60 Å². The molecule has 18 heavy (non-hydrogen) atoms. The van der Waals surface area contributed by atoms with E-state index in [0.29, 0.717) is 0 Å². The summed E-state index contributed by atoms with van der Waals surface area (Å²) >= 11 is 0. The molecule has 0 aliphatic carbocycles. The summed E-state index contributed by atoms with van der Waals surface area (Å²) in [6.45, 7) is 12.4. The van der Waals surface area contributed by atoms with E-state index in [9.17, 15) is 4.79 Å². The summed E-state index contributed by atoms with van der Waals surface area (Å²) in [6.07, 6.45) is 0. The fourth-order valence-corrected chi connectivity index (χ4v) is 2.51. The van der Waals surface area contributed by atoms with Crippen molar-refractivity contribution >= 4 is 5.97 Å². The van der Waals surface area contributed by atoms with Crippen LogP contribution in [0.15, 0.2) is 0 Å². The topological polar surface area (TPSA) is 43.3 Å². The number of nitrogens with zero attached hydrogens (tertiary/aromatic N) is 1. The van der Waals surface area contributed by atoms with Crippen molar-refractivity contribution in [3.63, 3.8) is 0 Å². The number of esters is 1. The lowest BCUT2D eigenvalue weighted by Gasteiger charge is -2.20. The highest BCUT2D eigenvalue weighted by Gasteiger charge is 2.27. The van der Waals surface area contributed by atoms with Gasteiger partial charge in [-0.05, 0) is 40.2 Å². The second kappa shape index (κ2) is 4.43. The molecular weight excluding hydrogens is 228 g/mol. The number of hydrogen-bond donors (Lipinski definition) is 1. The van der Waals surface area contributed by atoms with Crippen LogP contribution in [-0.4, -0.2) is 22.7 Å². The molecule has 4 nitrogen and oxygen atoms in total. The maximum atomic E-state index is 12.3. The van der Waals surface area contributed by atoms with Gasteiger partial charge >= 0.3 is 5.97 Å². The normalized spacial score (nSPS) is 15.4. The van der Waals surface area contributed by atoms with Gasteiger partial charge in [-0.15, -0.1) is 0 Å². The second-order valence-electron chi connectivity index (χ2n) is 5.86. The molecule has 0 fully saturated rings. The Balaban J connectivity index is 2.39. The summed E-state index contributed by atoms with van der Waals surface area (Å²) in [5, 5.41) is 3.34. The molecule has 0 unspecified atom stereocenters. The molecule has 0 amide bonds. The number of fused-ring (bicyclic) bond motifs is 1. The van der Waals surface area contributed by atoms with Crippen LogP contribution in [0.5, 0.6) is 0 Å². The molecule has 1 aromatic heterocycles. The number of carbonyl (C=O) groups excluding carboxylic acids is 1. The van der Waals surface area contributed by atoms with Gasteiger partial charge in [-0.1, -0.05) is 0 Å². The van der Waals surface area contributed by atoms with Gasteiger partial charge < -0.3 is 14.6 Å². The molecule has 100 valence electrons. The Labute approximate surface area is 108 Å². The molecule has 0 radical (unpaired) electrons. The average molecular weight is 250 g/mol. The summed E-state index contributed by atoms with van der Waals surface area (Å²) < 4.78 is 7.72. The lowest BCUT2D eigenvalue weighted by atomic mass is 10.1. The SMILES string of the molecule is Cc1c(C(=O)OC(C)(C)C)c(C)n2c1CNCC2. The fourth-order valence-electron chi connectivity index (χ4n) is 2.51. The maximum absolute atomic E-state index is 12.3. The average Bonchev–Trinajstić information content (AvgIpc) is 2.50. The van der Waals surface area contributed by atoms with Crippen molar-refractivity contribution < 1.29 is 9.53 Å². The molecule has 2 heterocycles. The lowest BCUT2D eigenvalue weighted by Crippen LogP contribution is -2.28. The third kappa shape index (κ3) is 2.29. The van der Waals surface area contributed by atoms with Gasteiger partial charge in [0, 0.05) is 31.0 Å². The minimum Gasteiger partial charge on any atom is -0.456 e. The summed E-state index contributed by atoms with van der Waals surface area (Å²) in [4.78, 5) is 12.3. The first kappa shape index (κ1) is 13.1. The Morgan fingerprint density at radius 2 is 2.00 bits per heavy atom. The molecule has 1 aromatic rings. The van der Waals surface area contributed by atoms with E-state index in [1.165, 1.54) is 5.69 Å². The summed E-state index contributed by atoms with van der Waals surface area (Å²) in [7, 11) is 0. The zero-order valence-corrected chi connectivity index (χ0v) is 11.9. The highest BCUT2D eigenvalue weighted by molar-refractivity contribution is 5.93. The number of rotatable bonds is 1. The lowest BCUT2D eigenvalue weighted by molar-refractivity contribution is 0.00679. The van der Waals surface area contributed by atoms with Gasteiger partial charge in [-0.2, -0.15) is 0 Å². The first-order valence-electron chi connectivity index (χ1n) is 6.44. The summed E-state index contributed by atoms with van der Waals surface area (Å²) in [5.41, 5.74) is 3.58. The van der Waals surface area contributed by atoms with Crippen molar-refractivity contribution in [3.05, 3.63) is 22.5 Å². The van der Waals surface area contributed by atoms with E-state index in [4.69, 9.17) is 4.74 Å². The van der Waals surface area contributed by atoms with Crippen molar-refractivity contribution in [2.24, 2.45) is 0 Å².